The molecule has 0 bridgehead atoms. The maximum atomic E-state index is 12.4. The van der Waals surface area contributed by atoms with Crippen molar-refractivity contribution in [2.45, 2.75) is 44.5 Å². The summed E-state index contributed by atoms with van der Waals surface area (Å²) in [6.45, 7) is 2.49. The lowest BCUT2D eigenvalue weighted by Crippen LogP contribution is -2.41. The standard InChI is InChI=1S/C17H26N4O3S/c1-3-4-7-13(10-18)19-17(22)11-21-15-9-6-5-8-14(15)20-16(21)12-25(2,23)24/h5-6,8-9,13H,3-4,7,10-12,18H2,1-2H3,(H,19,22). The van der Waals surface area contributed by atoms with Gasteiger partial charge in [0.1, 0.15) is 18.1 Å². The van der Waals surface area contributed by atoms with Crippen LogP contribution in [0, 0.1) is 0 Å². The van der Waals surface area contributed by atoms with Crippen LogP contribution in [-0.4, -0.2) is 42.7 Å². The molecule has 0 radical (unpaired) electrons. The molecule has 0 fully saturated rings. The van der Waals surface area contributed by atoms with Crippen LogP contribution in [0.5, 0.6) is 0 Å². The number of unbranched alkanes of at least 4 members (excludes halogenated alkanes) is 1. The Balaban J connectivity index is 2.23. The van der Waals surface area contributed by atoms with E-state index < -0.39 is 9.84 Å². The molecule has 1 aromatic carbocycles. The topological polar surface area (TPSA) is 107 Å². The van der Waals surface area contributed by atoms with Gasteiger partial charge in [-0.05, 0) is 18.6 Å². The third-order valence-electron chi connectivity index (χ3n) is 3.98. The highest BCUT2D eigenvalue weighted by Crippen LogP contribution is 2.17. The molecule has 8 heteroatoms. The monoisotopic (exact) mass is 366 g/mol. The van der Waals surface area contributed by atoms with Gasteiger partial charge in [0.2, 0.25) is 5.91 Å². The SMILES string of the molecule is CCCCC(CN)NC(=O)Cn1c(CS(C)(=O)=O)nc2ccccc21. The third-order valence-corrected chi connectivity index (χ3v) is 4.76. The van der Waals surface area contributed by atoms with E-state index in [1.807, 2.05) is 18.2 Å². The second-order valence-electron chi connectivity index (χ2n) is 6.32. The fourth-order valence-corrected chi connectivity index (χ4v) is 3.45. The first-order valence-electron chi connectivity index (χ1n) is 8.45. The molecule has 0 spiro atoms. The predicted octanol–water partition coefficient (Wildman–Crippen LogP) is 1.21. The van der Waals surface area contributed by atoms with E-state index in [1.54, 1.807) is 10.6 Å². The van der Waals surface area contributed by atoms with Crippen molar-refractivity contribution in [1.82, 2.24) is 14.9 Å². The Bertz CT molecular complexity index is 830. The van der Waals surface area contributed by atoms with Crippen molar-refractivity contribution < 1.29 is 13.2 Å². The van der Waals surface area contributed by atoms with Gasteiger partial charge in [-0.1, -0.05) is 31.9 Å². The minimum atomic E-state index is -3.26. The van der Waals surface area contributed by atoms with Crippen molar-refractivity contribution >= 4 is 26.8 Å². The summed E-state index contributed by atoms with van der Waals surface area (Å²) in [6, 6.07) is 7.24. The highest BCUT2D eigenvalue weighted by atomic mass is 32.2. The number of sulfone groups is 1. The van der Waals surface area contributed by atoms with Crippen molar-refractivity contribution in [3.8, 4) is 0 Å². The van der Waals surface area contributed by atoms with Crippen molar-refractivity contribution in [3.63, 3.8) is 0 Å². The number of amides is 1. The van der Waals surface area contributed by atoms with E-state index in [-0.39, 0.29) is 24.2 Å². The molecular formula is C17H26N4O3S. The molecule has 0 aliphatic rings. The van der Waals surface area contributed by atoms with Crippen LogP contribution in [0.4, 0.5) is 0 Å². The molecule has 7 nitrogen and oxygen atoms in total. The average molecular weight is 366 g/mol. The molecule has 1 atom stereocenters. The zero-order chi connectivity index (χ0) is 18.4. The van der Waals surface area contributed by atoms with Gasteiger partial charge in [0, 0.05) is 18.8 Å². The number of para-hydroxylation sites is 2. The van der Waals surface area contributed by atoms with E-state index in [4.69, 9.17) is 5.73 Å². The summed E-state index contributed by atoms with van der Waals surface area (Å²) in [5.41, 5.74) is 7.15. The van der Waals surface area contributed by atoms with Gasteiger partial charge in [0.05, 0.1) is 11.0 Å². The highest BCUT2D eigenvalue weighted by Gasteiger charge is 2.18. The molecule has 0 saturated carbocycles. The molecule has 3 N–H and O–H groups in total. The number of benzene rings is 1. The van der Waals surface area contributed by atoms with Gasteiger partial charge in [-0.3, -0.25) is 4.79 Å². The van der Waals surface area contributed by atoms with Gasteiger partial charge in [-0.2, -0.15) is 0 Å². The minimum Gasteiger partial charge on any atom is -0.351 e. The summed E-state index contributed by atoms with van der Waals surface area (Å²) in [7, 11) is -3.26. The zero-order valence-corrected chi connectivity index (χ0v) is 15.6. The second-order valence-corrected chi connectivity index (χ2v) is 8.46. The molecule has 0 aliphatic heterocycles. The molecule has 1 aromatic heterocycles. The Morgan fingerprint density at radius 3 is 2.72 bits per heavy atom. The predicted molar refractivity (Wildman–Crippen MR) is 98.8 cm³/mol. The largest absolute Gasteiger partial charge is 0.351 e. The second kappa shape index (κ2) is 8.44. The number of carbonyl (C=O) groups is 1. The number of carbonyl (C=O) groups excluding carboxylic acids is 1. The van der Waals surface area contributed by atoms with Crippen molar-refractivity contribution in [2.75, 3.05) is 12.8 Å². The summed E-state index contributed by atoms with van der Waals surface area (Å²) in [5.74, 6) is -0.0216. The van der Waals surface area contributed by atoms with Crippen molar-refractivity contribution in [3.05, 3.63) is 30.1 Å². The Hall–Kier alpha value is -1.93. The van der Waals surface area contributed by atoms with Crippen LogP contribution in [0.25, 0.3) is 11.0 Å². The number of nitrogens with two attached hydrogens (primary N) is 1. The van der Waals surface area contributed by atoms with E-state index in [2.05, 4.69) is 17.2 Å². The van der Waals surface area contributed by atoms with Crippen molar-refractivity contribution in [2.24, 2.45) is 5.73 Å². The first-order valence-corrected chi connectivity index (χ1v) is 10.5. The highest BCUT2D eigenvalue weighted by molar-refractivity contribution is 7.89. The van der Waals surface area contributed by atoms with E-state index in [1.165, 1.54) is 0 Å². The number of hydrogen-bond donors (Lipinski definition) is 2. The third kappa shape index (κ3) is 5.54. The zero-order valence-electron chi connectivity index (χ0n) is 14.7. The molecule has 2 aromatic rings. The molecule has 1 unspecified atom stereocenters. The summed E-state index contributed by atoms with van der Waals surface area (Å²) in [5, 5.41) is 2.93. The number of hydrogen-bond acceptors (Lipinski definition) is 5. The molecule has 25 heavy (non-hydrogen) atoms. The van der Waals surface area contributed by atoms with Crippen LogP contribution in [0.2, 0.25) is 0 Å². The van der Waals surface area contributed by atoms with Crippen LogP contribution in [-0.2, 0) is 26.9 Å². The molecule has 138 valence electrons. The van der Waals surface area contributed by atoms with Gasteiger partial charge < -0.3 is 15.6 Å². The Morgan fingerprint density at radius 2 is 2.08 bits per heavy atom. The van der Waals surface area contributed by atoms with Gasteiger partial charge in [0.25, 0.3) is 0 Å². The van der Waals surface area contributed by atoms with E-state index in [9.17, 15) is 13.2 Å². The van der Waals surface area contributed by atoms with E-state index >= 15 is 0 Å². The van der Waals surface area contributed by atoms with Crippen LogP contribution in [0.1, 0.15) is 32.0 Å². The molecule has 0 aliphatic carbocycles. The fraction of sp³-hybridized carbons (Fsp3) is 0.529. The first-order chi connectivity index (χ1) is 11.8. The minimum absolute atomic E-state index is 0.0218. The van der Waals surface area contributed by atoms with Gasteiger partial charge in [-0.25, -0.2) is 13.4 Å². The normalized spacial score (nSPS) is 13.1. The number of nitrogens with zero attached hydrogens (tertiary/aromatic N) is 2. The van der Waals surface area contributed by atoms with E-state index in [0.29, 0.717) is 17.9 Å². The van der Waals surface area contributed by atoms with Gasteiger partial charge >= 0.3 is 0 Å². The quantitative estimate of drug-likeness (QED) is 0.694. The van der Waals surface area contributed by atoms with Crippen LogP contribution in [0.15, 0.2) is 24.3 Å². The lowest BCUT2D eigenvalue weighted by atomic mass is 10.1. The van der Waals surface area contributed by atoms with Gasteiger partial charge in [0.15, 0.2) is 9.84 Å². The summed E-state index contributed by atoms with van der Waals surface area (Å²) >= 11 is 0. The number of fused-ring (bicyclic) bond motifs is 1. The molecule has 2 rings (SSSR count). The summed E-state index contributed by atoms with van der Waals surface area (Å²) in [6.07, 6.45) is 4.03. The lowest BCUT2D eigenvalue weighted by molar-refractivity contribution is -0.122. The summed E-state index contributed by atoms with van der Waals surface area (Å²) < 4.78 is 25.0. The molecule has 0 saturated heterocycles. The Labute approximate surface area is 148 Å². The number of aromatic nitrogens is 2. The van der Waals surface area contributed by atoms with Crippen LogP contribution in [0.3, 0.4) is 0 Å². The van der Waals surface area contributed by atoms with E-state index in [0.717, 1.165) is 31.0 Å². The Morgan fingerprint density at radius 1 is 1.36 bits per heavy atom. The average Bonchev–Trinajstić information content (AvgIpc) is 2.87. The van der Waals surface area contributed by atoms with Crippen LogP contribution < -0.4 is 11.1 Å². The molecule has 1 heterocycles. The Kier molecular flexibility index (Phi) is 6.55. The van der Waals surface area contributed by atoms with Gasteiger partial charge in [-0.15, -0.1) is 0 Å². The maximum Gasteiger partial charge on any atom is 0.240 e. The summed E-state index contributed by atoms with van der Waals surface area (Å²) in [4.78, 5) is 16.8. The number of nitrogens with one attached hydrogen (secondary N) is 1. The molecule has 1 amide bonds. The van der Waals surface area contributed by atoms with Crippen molar-refractivity contribution in [1.29, 1.82) is 0 Å². The number of rotatable bonds is 9. The fourth-order valence-electron chi connectivity index (χ4n) is 2.76. The van der Waals surface area contributed by atoms with Crippen LogP contribution >= 0.6 is 0 Å². The maximum absolute atomic E-state index is 12.4. The number of imidazole rings is 1. The molecular weight excluding hydrogens is 340 g/mol. The lowest BCUT2D eigenvalue weighted by Gasteiger charge is -2.17. The first kappa shape index (κ1) is 19.4. The smallest absolute Gasteiger partial charge is 0.240 e.